The van der Waals surface area contributed by atoms with Crippen LogP contribution < -0.4 is 0 Å². The van der Waals surface area contributed by atoms with Crippen LogP contribution in [0.5, 0.6) is 0 Å². The first-order chi connectivity index (χ1) is 4.79. The lowest BCUT2D eigenvalue weighted by Crippen LogP contribution is -1.86. The fourth-order valence-electron chi connectivity index (χ4n) is 1.20. The zero-order valence-electron chi connectivity index (χ0n) is 5.19. The van der Waals surface area contributed by atoms with E-state index in [1.165, 1.54) is 5.56 Å². The number of Topliss-reactive ketones (excluding diaryl/α,β-unsaturated/α-hetero) is 1. The lowest BCUT2D eigenvalue weighted by molar-refractivity contribution is 0.0995. The van der Waals surface area contributed by atoms with Gasteiger partial charge in [-0.15, -0.1) is 11.3 Å². The van der Waals surface area contributed by atoms with Crippen LogP contribution in [0.1, 0.15) is 22.3 Å². The molecule has 1 aromatic heterocycles. The Morgan fingerprint density at radius 2 is 2.30 bits per heavy atom. The average molecular weight is 217 g/mol. The van der Waals surface area contributed by atoms with E-state index in [2.05, 4.69) is 15.9 Å². The zero-order valence-corrected chi connectivity index (χ0v) is 7.59. The van der Waals surface area contributed by atoms with E-state index in [1.54, 1.807) is 11.3 Å². The van der Waals surface area contributed by atoms with Crippen LogP contribution in [0, 0.1) is 0 Å². The molecule has 0 aliphatic heterocycles. The van der Waals surface area contributed by atoms with Gasteiger partial charge in [0.15, 0.2) is 5.78 Å². The lowest BCUT2D eigenvalue weighted by Gasteiger charge is -1.84. The van der Waals surface area contributed by atoms with Crippen molar-refractivity contribution >= 4 is 33.0 Å². The minimum absolute atomic E-state index is 0.303. The van der Waals surface area contributed by atoms with Crippen molar-refractivity contribution in [2.45, 2.75) is 12.8 Å². The number of halogens is 1. The van der Waals surface area contributed by atoms with Crippen LogP contribution in [0.25, 0.3) is 0 Å². The van der Waals surface area contributed by atoms with E-state index >= 15 is 0 Å². The van der Waals surface area contributed by atoms with Crippen LogP contribution in [-0.4, -0.2) is 5.78 Å². The highest BCUT2D eigenvalue weighted by Crippen LogP contribution is 2.34. The van der Waals surface area contributed by atoms with Crippen LogP contribution in [0.2, 0.25) is 0 Å². The Kier molecular flexibility index (Phi) is 1.42. The van der Waals surface area contributed by atoms with Gasteiger partial charge in [0.2, 0.25) is 0 Å². The summed E-state index contributed by atoms with van der Waals surface area (Å²) in [5, 5.41) is 1.94. The first-order valence-electron chi connectivity index (χ1n) is 3.08. The fourth-order valence-corrected chi connectivity index (χ4v) is 2.74. The van der Waals surface area contributed by atoms with Crippen molar-refractivity contribution in [3.8, 4) is 0 Å². The van der Waals surface area contributed by atoms with E-state index in [1.807, 2.05) is 5.38 Å². The van der Waals surface area contributed by atoms with Gasteiger partial charge < -0.3 is 0 Å². The zero-order chi connectivity index (χ0) is 7.14. The Hall–Kier alpha value is -0.150. The molecule has 52 valence electrons. The number of hydrogen-bond acceptors (Lipinski definition) is 2. The Balaban J connectivity index is 2.63. The second-order valence-electron chi connectivity index (χ2n) is 2.32. The molecule has 10 heavy (non-hydrogen) atoms. The molecule has 1 heterocycles. The molecular weight excluding hydrogens is 212 g/mol. The molecule has 0 aromatic carbocycles. The smallest absolute Gasteiger partial charge is 0.164 e. The molecule has 1 aromatic rings. The summed E-state index contributed by atoms with van der Waals surface area (Å²) in [6, 6.07) is 0. The molecule has 0 spiro atoms. The standard InChI is InChI=1S/C7H5BrOS/c8-7-4-1-2-6(9)5(4)3-10-7/h3H,1-2H2. The first-order valence-corrected chi connectivity index (χ1v) is 4.75. The van der Waals surface area contributed by atoms with E-state index < -0.39 is 0 Å². The maximum Gasteiger partial charge on any atom is 0.164 e. The predicted octanol–water partition coefficient (Wildman–Crippen LogP) is 2.64. The first kappa shape index (κ1) is 6.55. The van der Waals surface area contributed by atoms with Gasteiger partial charge in [0.1, 0.15) is 0 Å². The summed E-state index contributed by atoms with van der Waals surface area (Å²) in [6.45, 7) is 0. The predicted molar refractivity (Wildman–Crippen MR) is 44.7 cm³/mol. The van der Waals surface area contributed by atoms with Gasteiger partial charge in [0.05, 0.1) is 3.79 Å². The molecular formula is C7H5BrOS. The highest BCUT2D eigenvalue weighted by Gasteiger charge is 2.22. The van der Waals surface area contributed by atoms with Gasteiger partial charge in [0, 0.05) is 17.4 Å². The highest BCUT2D eigenvalue weighted by molar-refractivity contribution is 9.11. The molecule has 1 aliphatic rings. The average Bonchev–Trinajstić information content (AvgIpc) is 2.41. The maximum atomic E-state index is 11.1. The molecule has 0 unspecified atom stereocenters. The van der Waals surface area contributed by atoms with Gasteiger partial charge in [0.25, 0.3) is 0 Å². The van der Waals surface area contributed by atoms with Crippen LogP contribution in [-0.2, 0) is 6.42 Å². The molecule has 0 fully saturated rings. The van der Waals surface area contributed by atoms with Crippen molar-refractivity contribution in [1.29, 1.82) is 0 Å². The maximum absolute atomic E-state index is 11.1. The number of rotatable bonds is 0. The number of carbonyl (C=O) groups is 1. The SMILES string of the molecule is O=C1CCc2c1csc2Br. The molecule has 1 aliphatic carbocycles. The lowest BCUT2D eigenvalue weighted by atomic mass is 10.2. The number of carbonyl (C=O) groups excluding carboxylic acids is 1. The topological polar surface area (TPSA) is 17.1 Å². The third-order valence-corrected chi connectivity index (χ3v) is 3.59. The monoisotopic (exact) mass is 216 g/mol. The summed E-state index contributed by atoms with van der Waals surface area (Å²) >= 11 is 5.02. The summed E-state index contributed by atoms with van der Waals surface area (Å²) in [5.41, 5.74) is 2.16. The Morgan fingerprint density at radius 3 is 3.00 bits per heavy atom. The second kappa shape index (κ2) is 2.17. The normalized spacial score (nSPS) is 15.9. The minimum atomic E-state index is 0.303. The summed E-state index contributed by atoms with van der Waals surface area (Å²) in [5.74, 6) is 0.303. The van der Waals surface area contributed by atoms with E-state index in [0.717, 1.165) is 15.8 Å². The van der Waals surface area contributed by atoms with E-state index in [4.69, 9.17) is 0 Å². The molecule has 0 radical (unpaired) electrons. The quantitative estimate of drug-likeness (QED) is 0.652. The minimum Gasteiger partial charge on any atom is -0.294 e. The molecule has 2 rings (SSSR count). The number of hydrogen-bond donors (Lipinski definition) is 0. The largest absolute Gasteiger partial charge is 0.294 e. The van der Waals surface area contributed by atoms with Crippen molar-refractivity contribution in [3.63, 3.8) is 0 Å². The molecule has 3 heteroatoms. The number of thiophene rings is 1. The molecule has 0 N–H and O–H groups in total. The summed E-state index contributed by atoms with van der Waals surface area (Å²) < 4.78 is 1.13. The van der Waals surface area contributed by atoms with Crippen molar-refractivity contribution in [2.24, 2.45) is 0 Å². The van der Waals surface area contributed by atoms with Gasteiger partial charge >= 0.3 is 0 Å². The van der Waals surface area contributed by atoms with Crippen molar-refractivity contribution in [1.82, 2.24) is 0 Å². The summed E-state index contributed by atoms with van der Waals surface area (Å²) in [7, 11) is 0. The van der Waals surface area contributed by atoms with Crippen LogP contribution in [0.15, 0.2) is 9.17 Å². The third-order valence-electron chi connectivity index (χ3n) is 1.75. The summed E-state index contributed by atoms with van der Waals surface area (Å²) in [6.07, 6.45) is 1.63. The number of ketones is 1. The van der Waals surface area contributed by atoms with Gasteiger partial charge in [-0.05, 0) is 27.9 Å². The van der Waals surface area contributed by atoms with Crippen molar-refractivity contribution < 1.29 is 4.79 Å². The summed E-state index contributed by atoms with van der Waals surface area (Å²) in [4.78, 5) is 11.1. The molecule has 0 bridgehead atoms. The highest BCUT2D eigenvalue weighted by atomic mass is 79.9. The Labute approximate surface area is 71.2 Å². The van der Waals surface area contributed by atoms with Gasteiger partial charge in [-0.3, -0.25) is 4.79 Å². The molecule has 0 amide bonds. The molecule has 0 saturated heterocycles. The van der Waals surface area contributed by atoms with E-state index in [9.17, 15) is 4.79 Å². The van der Waals surface area contributed by atoms with Crippen LogP contribution in [0.4, 0.5) is 0 Å². The van der Waals surface area contributed by atoms with E-state index in [-0.39, 0.29) is 0 Å². The fraction of sp³-hybridized carbons (Fsp3) is 0.286. The van der Waals surface area contributed by atoms with Crippen LogP contribution >= 0.6 is 27.3 Å². The Bertz CT molecular complexity index is 290. The van der Waals surface area contributed by atoms with Gasteiger partial charge in [-0.1, -0.05) is 0 Å². The molecule has 1 nitrogen and oxygen atoms in total. The van der Waals surface area contributed by atoms with E-state index in [0.29, 0.717) is 12.2 Å². The van der Waals surface area contributed by atoms with Gasteiger partial charge in [-0.25, -0.2) is 0 Å². The van der Waals surface area contributed by atoms with Crippen molar-refractivity contribution in [3.05, 3.63) is 20.3 Å². The third kappa shape index (κ3) is 0.772. The van der Waals surface area contributed by atoms with Crippen molar-refractivity contribution in [2.75, 3.05) is 0 Å². The molecule has 0 atom stereocenters. The van der Waals surface area contributed by atoms with Gasteiger partial charge in [-0.2, -0.15) is 0 Å². The van der Waals surface area contributed by atoms with Crippen LogP contribution in [0.3, 0.4) is 0 Å². The second-order valence-corrected chi connectivity index (χ2v) is 4.52. The number of fused-ring (bicyclic) bond motifs is 1. The Morgan fingerprint density at radius 1 is 1.50 bits per heavy atom. The molecule has 0 saturated carbocycles.